The summed E-state index contributed by atoms with van der Waals surface area (Å²) >= 11 is 1.34. The Morgan fingerprint density at radius 3 is 2.38 bits per heavy atom. The van der Waals surface area contributed by atoms with Gasteiger partial charge in [0.1, 0.15) is 5.75 Å². The largest absolute Gasteiger partial charge is 0.494 e. The minimum Gasteiger partial charge on any atom is -0.494 e. The number of thioether (sulfide) groups is 1. The Balaban J connectivity index is 1.92. The molecule has 0 saturated carbocycles. The third kappa shape index (κ3) is 4.99. The van der Waals surface area contributed by atoms with Crippen LogP contribution in [0.5, 0.6) is 5.75 Å². The summed E-state index contributed by atoms with van der Waals surface area (Å²) in [5.41, 5.74) is 0.727. The van der Waals surface area contributed by atoms with E-state index in [4.69, 9.17) is 4.74 Å². The predicted octanol–water partition coefficient (Wildman–Crippen LogP) is 4.11. The summed E-state index contributed by atoms with van der Waals surface area (Å²) in [7, 11) is 0. The van der Waals surface area contributed by atoms with E-state index >= 15 is 0 Å². The maximum atomic E-state index is 12.2. The first-order chi connectivity index (χ1) is 11.5. The highest BCUT2D eigenvalue weighted by atomic mass is 32.2. The van der Waals surface area contributed by atoms with Crippen LogP contribution in [0.1, 0.15) is 13.8 Å². The second-order valence-corrected chi connectivity index (χ2v) is 6.37. The molecule has 6 nitrogen and oxygen atoms in total. The molecule has 1 N–H and O–H groups in total. The quantitative estimate of drug-likeness (QED) is 0.463. The summed E-state index contributed by atoms with van der Waals surface area (Å²) in [6.07, 6.45) is 0. The van der Waals surface area contributed by atoms with Crippen molar-refractivity contribution in [1.29, 1.82) is 0 Å². The zero-order chi connectivity index (χ0) is 17.5. The first kappa shape index (κ1) is 17.8. The van der Waals surface area contributed by atoms with Gasteiger partial charge in [-0.25, -0.2) is 0 Å². The minimum absolute atomic E-state index is 0.0332. The maximum absolute atomic E-state index is 12.2. The molecular formula is C17H18N2O4S. The monoisotopic (exact) mass is 346 g/mol. The number of hydrogen-bond donors (Lipinski definition) is 1. The number of amides is 1. The fraction of sp³-hybridized carbons (Fsp3) is 0.235. The molecule has 2 aromatic carbocycles. The molecule has 0 unspecified atom stereocenters. The van der Waals surface area contributed by atoms with Gasteiger partial charge >= 0.3 is 0 Å². The number of rotatable bonds is 7. The molecule has 126 valence electrons. The lowest BCUT2D eigenvalue weighted by atomic mass is 10.3. The summed E-state index contributed by atoms with van der Waals surface area (Å²) in [6, 6.07) is 13.3. The molecule has 0 heterocycles. The third-order valence-corrected chi connectivity index (χ3v) is 4.27. The Labute approximate surface area is 144 Å². The molecule has 0 aliphatic rings. The molecule has 1 amide bonds. The zero-order valence-corrected chi connectivity index (χ0v) is 14.2. The number of nitrogens with zero attached hydrogens (tertiary/aromatic N) is 1. The van der Waals surface area contributed by atoms with Crippen LogP contribution < -0.4 is 10.1 Å². The van der Waals surface area contributed by atoms with Gasteiger partial charge in [0, 0.05) is 22.7 Å². The lowest BCUT2D eigenvalue weighted by Crippen LogP contribution is -2.22. The van der Waals surface area contributed by atoms with Gasteiger partial charge in [-0.3, -0.25) is 14.9 Å². The molecule has 2 aromatic rings. The molecule has 2 rings (SSSR count). The molecule has 7 heteroatoms. The first-order valence-corrected chi connectivity index (χ1v) is 8.32. The van der Waals surface area contributed by atoms with E-state index in [1.165, 1.54) is 23.9 Å². The van der Waals surface area contributed by atoms with Gasteiger partial charge in [-0.15, -0.1) is 11.8 Å². The minimum atomic E-state index is -0.448. The predicted molar refractivity (Wildman–Crippen MR) is 94.7 cm³/mol. The smallest absolute Gasteiger partial charge is 0.269 e. The average molecular weight is 346 g/mol. The molecule has 24 heavy (non-hydrogen) atoms. The van der Waals surface area contributed by atoms with Gasteiger partial charge in [-0.1, -0.05) is 0 Å². The maximum Gasteiger partial charge on any atom is 0.269 e. The molecule has 0 fully saturated rings. The number of ether oxygens (including phenoxy) is 1. The number of nitro groups is 1. The Bertz CT molecular complexity index is 702. The normalized spacial score (nSPS) is 11.6. The summed E-state index contributed by atoms with van der Waals surface area (Å²) in [5.74, 6) is 0.617. The topological polar surface area (TPSA) is 81.5 Å². The number of non-ortho nitro benzene ring substituents is 1. The summed E-state index contributed by atoms with van der Waals surface area (Å²) < 4.78 is 5.35. The Morgan fingerprint density at radius 2 is 1.83 bits per heavy atom. The van der Waals surface area contributed by atoms with E-state index in [1.807, 2.05) is 6.92 Å². The van der Waals surface area contributed by atoms with Gasteiger partial charge in [-0.05, 0) is 50.2 Å². The second kappa shape index (κ2) is 8.35. The van der Waals surface area contributed by atoms with Crippen LogP contribution in [0.3, 0.4) is 0 Å². The Kier molecular flexibility index (Phi) is 6.20. The number of carbonyl (C=O) groups is 1. The van der Waals surface area contributed by atoms with Crippen molar-refractivity contribution < 1.29 is 14.5 Å². The van der Waals surface area contributed by atoms with Crippen molar-refractivity contribution in [3.8, 4) is 5.75 Å². The van der Waals surface area contributed by atoms with E-state index in [0.717, 1.165) is 10.6 Å². The van der Waals surface area contributed by atoms with Crippen LogP contribution in [0, 0.1) is 10.1 Å². The highest BCUT2D eigenvalue weighted by Crippen LogP contribution is 2.26. The summed E-state index contributed by atoms with van der Waals surface area (Å²) in [6.45, 7) is 4.29. The Hall–Kier alpha value is -2.54. The molecule has 0 aliphatic carbocycles. The van der Waals surface area contributed by atoms with Crippen molar-refractivity contribution in [2.75, 3.05) is 11.9 Å². The van der Waals surface area contributed by atoms with Crippen molar-refractivity contribution in [3.05, 3.63) is 58.6 Å². The van der Waals surface area contributed by atoms with E-state index in [9.17, 15) is 14.9 Å². The fourth-order valence-electron chi connectivity index (χ4n) is 1.95. The Morgan fingerprint density at radius 1 is 1.21 bits per heavy atom. The molecule has 0 bridgehead atoms. The van der Waals surface area contributed by atoms with Crippen molar-refractivity contribution >= 4 is 29.0 Å². The standard InChI is InChI=1S/C17H18N2O4S/c1-3-23-15-8-4-13(5-9-15)18-17(20)12(2)24-16-10-6-14(7-11-16)19(21)22/h4-12H,3H2,1-2H3,(H,18,20)/t12-/m1/s1. The molecule has 0 aromatic heterocycles. The number of carbonyl (C=O) groups excluding carboxylic acids is 1. The van der Waals surface area contributed by atoms with E-state index in [0.29, 0.717) is 12.3 Å². The SMILES string of the molecule is CCOc1ccc(NC(=O)[C@@H](C)Sc2ccc([N+](=O)[O-])cc2)cc1. The van der Waals surface area contributed by atoms with E-state index < -0.39 is 4.92 Å². The van der Waals surface area contributed by atoms with Crippen molar-refractivity contribution in [2.24, 2.45) is 0 Å². The summed E-state index contributed by atoms with van der Waals surface area (Å²) in [5, 5.41) is 13.1. The number of nitro benzene ring substituents is 1. The molecule has 1 atom stereocenters. The molecule has 0 saturated heterocycles. The van der Waals surface area contributed by atoms with Gasteiger partial charge in [-0.2, -0.15) is 0 Å². The zero-order valence-electron chi connectivity index (χ0n) is 13.4. The van der Waals surface area contributed by atoms with E-state index in [1.54, 1.807) is 43.3 Å². The average Bonchev–Trinajstić information content (AvgIpc) is 2.57. The first-order valence-electron chi connectivity index (χ1n) is 7.44. The van der Waals surface area contributed by atoms with Crippen molar-refractivity contribution in [2.45, 2.75) is 24.0 Å². The van der Waals surface area contributed by atoms with Crippen LogP contribution >= 0.6 is 11.8 Å². The van der Waals surface area contributed by atoms with Crippen LogP contribution in [0.2, 0.25) is 0 Å². The number of anilines is 1. The van der Waals surface area contributed by atoms with Gasteiger partial charge in [0.15, 0.2) is 0 Å². The molecule has 0 radical (unpaired) electrons. The number of nitrogens with one attached hydrogen (secondary N) is 1. The summed E-state index contributed by atoms with van der Waals surface area (Å²) in [4.78, 5) is 23.2. The van der Waals surface area contributed by atoms with Crippen LogP contribution in [-0.2, 0) is 4.79 Å². The van der Waals surface area contributed by atoms with Crippen LogP contribution in [0.25, 0.3) is 0 Å². The molecule has 0 spiro atoms. The fourth-order valence-corrected chi connectivity index (χ4v) is 2.82. The molecule has 0 aliphatic heterocycles. The molecular weight excluding hydrogens is 328 g/mol. The van der Waals surface area contributed by atoms with Gasteiger partial charge in [0.05, 0.1) is 16.8 Å². The van der Waals surface area contributed by atoms with E-state index in [2.05, 4.69) is 5.32 Å². The third-order valence-electron chi connectivity index (χ3n) is 3.16. The highest BCUT2D eigenvalue weighted by Gasteiger charge is 2.15. The van der Waals surface area contributed by atoms with Gasteiger partial charge in [0.25, 0.3) is 5.69 Å². The highest BCUT2D eigenvalue weighted by molar-refractivity contribution is 8.00. The van der Waals surface area contributed by atoms with Crippen LogP contribution in [0.4, 0.5) is 11.4 Å². The second-order valence-electron chi connectivity index (χ2n) is 4.96. The number of hydrogen-bond acceptors (Lipinski definition) is 5. The van der Waals surface area contributed by atoms with Crippen LogP contribution in [-0.4, -0.2) is 22.7 Å². The van der Waals surface area contributed by atoms with E-state index in [-0.39, 0.29) is 16.8 Å². The van der Waals surface area contributed by atoms with Gasteiger partial charge in [0.2, 0.25) is 5.91 Å². The van der Waals surface area contributed by atoms with Gasteiger partial charge < -0.3 is 10.1 Å². The lowest BCUT2D eigenvalue weighted by Gasteiger charge is -2.12. The van der Waals surface area contributed by atoms with Crippen molar-refractivity contribution in [1.82, 2.24) is 0 Å². The number of benzene rings is 2. The van der Waals surface area contributed by atoms with Crippen molar-refractivity contribution in [3.63, 3.8) is 0 Å². The van der Waals surface area contributed by atoms with Crippen LogP contribution in [0.15, 0.2) is 53.4 Å². The lowest BCUT2D eigenvalue weighted by molar-refractivity contribution is -0.384.